The maximum atomic E-state index is 12.4. The molecule has 1 fully saturated rings. The Bertz CT molecular complexity index is 510. The van der Waals surface area contributed by atoms with Gasteiger partial charge in [-0.1, -0.05) is 23.2 Å². The molecule has 94 valence electrons. The number of rotatable bonds is 2. The second kappa shape index (κ2) is 5.14. The Morgan fingerprint density at radius 1 is 1.18 bits per heavy atom. The minimum absolute atomic E-state index is 0.190. The molecule has 3 nitrogen and oxygen atoms in total. The zero-order valence-corrected chi connectivity index (χ0v) is 11.4. The fourth-order valence-electron chi connectivity index (χ4n) is 1.99. The summed E-state index contributed by atoms with van der Waals surface area (Å²) in [5.74, 6) is 0. The Morgan fingerprint density at radius 2 is 1.82 bits per heavy atom. The van der Waals surface area contributed by atoms with Crippen molar-refractivity contribution in [2.75, 3.05) is 13.1 Å². The fraction of sp³-hybridized carbons (Fsp3) is 0.455. The molecule has 0 spiro atoms. The predicted molar refractivity (Wildman–Crippen MR) is 69.5 cm³/mol. The molecule has 0 aliphatic carbocycles. The Hall–Kier alpha value is -0.290. The van der Waals surface area contributed by atoms with Gasteiger partial charge < -0.3 is 5.32 Å². The zero-order chi connectivity index (χ0) is 12.5. The number of benzene rings is 1. The molecule has 0 radical (unpaired) electrons. The summed E-state index contributed by atoms with van der Waals surface area (Å²) in [4.78, 5) is 0.190. The SMILES string of the molecule is O=S(=O)(c1ccc(Cl)cc1Cl)C1CCNCC1. The van der Waals surface area contributed by atoms with Crippen LogP contribution in [-0.2, 0) is 9.84 Å². The van der Waals surface area contributed by atoms with Crippen LogP contribution in [-0.4, -0.2) is 26.8 Å². The molecule has 1 N–H and O–H groups in total. The van der Waals surface area contributed by atoms with Gasteiger partial charge >= 0.3 is 0 Å². The number of halogens is 2. The first-order valence-electron chi connectivity index (χ1n) is 5.41. The molecule has 0 bridgehead atoms. The molecule has 1 heterocycles. The van der Waals surface area contributed by atoms with Crippen molar-refractivity contribution in [3.63, 3.8) is 0 Å². The monoisotopic (exact) mass is 293 g/mol. The summed E-state index contributed by atoms with van der Waals surface area (Å²) in [6, 6.07) is 4.51. The molecule has 6 heteroatoms. The summed E-state index contributed by atoms with van der Waals surface area (Å²) >= 11 is 11.7. The summed E-state index contributed by atoms with van der Waals surface area (Å²) in [5, 5.41) is 3.45. The molecule has 0 unspecified atom stereocenters. The Morgan fingerprint density at radius 3 is 2.41 bits per heavy atom. The van der Waals surface area contributed by atoms with Crippen LogP contribution in [0.25, 0.3) is 0 Å². The van der Waals surface area contributed by atoms with Gasteiger partial charge in [0.1, 0.15) is 0 Å². The van der Waals surface area contributed by atoms with Crippen molar-refractivity contribution in [1.29, 1.82) is 0 Å². The van der Waals surface area contributed by atoms with Crippen LogP contribution in [0.3, 0.4) is 0 Å². The van der Waals surface area contributed by atoms with Gasteiger partial charge in [0.05, 0.1) is 15.2 Å². The Labute approximate surface area is 111 Å². The standard InChI is InChI=1S/C11H13Cl2NO2S/c12-8-1-2-11(10(13)7-8)17(15,16)9-3-5-14-6-4-9/h1-2,7,9,14H,3-6H2. The van der Waals surface area contributed by atoms with Gasteiger partial charge in [-0.2, -0.15) is 0 Å². The molecule has 0 amide bonds. The number of hydrogen-bond donors (Lipinski definition) is 1. The van der Waals surface area contributed by atoms with Crippen LogP contribution in [0, 0.1) is 0 Å². The normalized spacial score (nSPS) is 18.2. The summed E-state index contributed by atoms with van der Waals surface area (Å²) in [6.07, 6.45) is 1.25. The van der Waals surface area contributed by atoms with Gasteiger partial charge in [0.2, 0.25) is 0 Å². The number of hydrogen-bond acceptors (Lipinski definition) is 3. The average molecular weight is 294 g/mol. The van der Waals surface area contributed by atoms with E-state index < -0.39 is 9.84 Å². The van der Waals surface area contributed by atoms with E-state index >= 15 is 0 Å². The van der Waals surface area contributed by atoms with Crippen molar-refractivity contribution < 1.29 is 8.42 Å². The van der Waals surface area contributed by atoms with Gasteiger partial charge in [-0.25, -0.2) is 8.42 Å². The summed E-state index contributed by atoms with van der Waals surface area (Å²) in [7, 11) is -3.34. The third-order valence-corrected chi connectivity index (χ3v) is 5.90. The second-order valence-electron chi connectivity index (χ2n) is 4.07. The van der Waals surface area contributed by atoms with E-state index in [9.17, 15) is 8.42 Å². The van der Waals surface area contributed by atoms with E-state index in [-0.39, 0.29) is 15.2 Å². The molecule has 2 rings (SSSR count). The molecule has 0 atom stereocenters. The number of nitrogens with one attached hydrogen (secondary N) is 1. The fourth-order valence-corrected chi connectivity index (χ4v) is 4.53. The number of piperidine rings is 1. The second-order valence-corrected chi connectivity index (χ2v) is 7.11. The topological polar surface area (TPSA) is 46.2 Å². The van der Waals surface area contributed by atoms with E-state index in [1.165, 1.54) is 12.1 Å². The van der Waals surface area contributed by atoms with Gasteiger partial charge in [0.25, 0.3) is 0 Å². The lowest BCUT2D eigenvalue weighted by atomic mass is 10.2. The Kier molecular flexibility index (Phi) is 3.98. The molecular weight excluding hydrogens is 281 g/mol. The predicted octanol–water partition coefficient (Wildman–Crippen LogP) is 2.52. The molecule has 1 saturated heterocycles. The molecule has 1 aromatic rings. The van der Waals surface area contributed by atoms with Crippen LogP contribution < -0.4 is 5.32 Å². The maximum absolute atomic E-state index is 12.4. The zero-order valence-electron chi connectivity index (χ0n) is 9.12. The summed E-state index contributed by atoms with van der Waals surface area (Å²) in [5.41, 5.74) is 0. The van der Waals surface area contributed by atoms with Crippen LogP contribution in [0.5, 0.6) is 0 Å². The lowest BCUT2D eigenvalue weighted by Gasteiger charge is -2.23. The third-order valence-electron chi connectivity index (χ3n) is 2.93. The lowest BCUT2D eigenvalue weighted by molar-refractivity contribution is 0.496. The van der Waals surface area contributed by atoms with Crippen LogP contribution in [0.2, 0.25) is 10.0 Å². The highest BCUT2D eigenvalue weighted by Crippen LogP contribution is 2.30. The van der Waals surface area contributed by atoms with Crippen LogP contribution >= 0.6 is 23.2 Å². The first-order chi connectivity index (χ1) is 8.01. The quantitative estimate of drug-likeness (QED) is 0.911. The Balaban J connectivity index is 2.37. The van der Waals surface area contributed by atoms with Crippen LogP contribution in [0.1, 0.15) is 12.8 Å². The molecule has 17 heavy (non-hydrogen) atoms. The minimum Gasteiger partial charge on any atom is -0.317 e. The van der Waals surface area contributed by atoms with Crippen molar-refractivity contribution in [3.8, 4) is 0 Å². The summed E-state index contributed by atoms with van der Waals surface area (Å²) < 4.78 is 24.7. The van der Waals surface area contributed by atoms with E-state index in [0.29, 0.717) is 17.9 Å². The highest BCUT2D eigenvalue weighted by molar-refractivity contribution is 7.92. The summed E-state index contributed by atoms with van der Waals surface area (Å²) in [6.45, 7) is 1.46. The third kappa shape index (κ3) is 2.76. The first kappa shape index (κ1) is 13.1. The van der Waals surface area contributed by atoms with E-state index in [2.05, 4.69) is 5.32 Å². The highest BCUT2D eigenvalue weighted by atomic mass is 35.5. The van der Waals surface area contributed by atoms with Gasteiger partial charge in [-0.3, -0.25) is 0 Å². The van der Waals surface area contributed by atoms with Crippen molar-refractivity contribution >= 4 is 33.0 Å². The van der Waals surface area contributed by atoms with Crippen molar-refractivity contribution in [3.05, 3.63) is 28.2 Å². The smallest absolute Gasteiger partial charge is 0.182 e. The largest absolute Gasteiger partial charge is 0.317 e. The average Bonchev–Trinajstić information content (AvgIpc) is 2.29. The first-order valence-corrected chi connectivity index (χ1v) is 7.72. The van der Waals surface area contributed by atoms with E-state index in [1.54, 1.807) is 6.07 Å². The molecule has 0 saturated carbocycles. The highest BCUT2D eigenvalue weighted by Gasteiger charge is 2.30. The lowest BCUT2D eigenvalue weighted by Crippen LogP contribution is -2.35. The van der Waals surface area contributed by atoms with Gasteiger partial charge in [-0.15, -0.1) is 0 Å². The van der Waals surface area contributed by atoms with Crippen molar-refractivity contribution in [1.82, 2.24) is 5.32 Å². The van der Waals surface area contributed by atoms with E-state index in [0.717, 1.165) is 13.1 Å². The van der Waals surface area contributed by atoms with E-state index in [4.69, 9.17) is 23.2 Å². The molecule has 1 aliphatic heterocycles. The van der Waals surface area contributed by atoms with Crippen LogP contribution in [0.4, 0.5) is 0 Å². The molecule has 0 aromatic heterocycles. The van der Waals surface area contributed by atoms with E-state index in [1.807, 2.05) is 0 Å². The number of sulfone groups is 1. The van der Waals surface area contributed by atoms with Gasteiger partial charge in [0, 0.05) is 5.02 Å². The molecule has 1 aromatic carbocycles. The van der Waals surface area contributed by atoms with Crippen molar-refractivity contribution in [2.24, 2.45) is 0 Å². The minimum atomic E-state index is -3.34. The molecule has 1 aliphatic rings. The van der Waals surface area contributed by atoms with Crippen LogP contribution in [0.15, 0.2) is 23.1 Å². The van der Waals surface area contributed by atoms with Gasteiger partial charge in [-0.05, 0) is 44.1 Å². The molecular formula is C11H13Cl2NO2S. The maximum Gasteiger partial charge on any atom is 0.182 e. The van der Waals surface area contributed by atoms with Gasteiger partial charge in [0.15, 0.2) is 9.84 Å². The van der Waals surface area contributed by atoms with Crippen molar-refractivity contribution in [2.45, 2.75) is 23.0 Å².